The number of carbonyl (C=O) groups is 2. The summed E-state index contributed by atoms with van der Waals surface area (Å²) in [7, 11) is 0. The van der Waals surface area contributed by atoms with Crippen molar-refractivity contribution in [3.05, 3.63) is 53.2 Å². The maximum atomic E-state index is 11.8. The summed E-state index contributed by atoms with van der Waals surface area (Å²) in [6, 6.07) is 8.71. The minimum absolute atomic E-state index is 0.195. The van der Waals surface area contributed by atoms with Crippen molar-refractivity contribution in [3.8, 4) is 11.6 Å². The zero-order chi connectivity index (χ0) is 14.8. The highest BCUT2D eigenvalue weighted by Crippen LogP contribution is 2.27. The van der Waals surface area contributed by atoms with Crippen LogP contribution in [-0.2, 0) is 6.42 Å². The van der Waals surface area contributed by atoms with Gasteiger partial charge in [0, 0.05) is 12.0 Å². The van der Waals surface area contributed by atoms with Crippen LogP contribution in [0, 0.1) is 0 Å². The number of carbonyl (C=O) groups excluding carboxylic acids is 2. The predicted molar refractivity (Wildman–Crippen MR) is 75.3 cm³/mol. The standard InChI is InChI=1S/C16H14N2O3/c17-16(20)11-4-7-15(18-9-11)21-12-5-6-13-10(8-12)2-1-3-14(13)19/h4-9H,1-3H2,(H2,17,20)/p+1. The molecule has 0 radical (unpaired) electrons. The fourth-order valence-electron chi connectivity index (χ4n) is 2.44. The zero-order valence-electron chi connectivity index (χ0n) is 11.4. The molecule has 1 aromatic carbocycles. The molecular weight excluding hydrogens is 268 g/mol. The molecule has 0 bridgehead atoms. The molecule has 0 fully saturated rings. The molecule has 0 spiro atoms. The number of aromatic amines is 1. The van der Waals surface area contributed by atoms with Gasteiger partial charge < -0.3 is 10.5 Å². The minimum atomic E-state index is -0.495. The van der Waals surface area contributed by atoms with Crippen molar-refractivity contribution in [1.82, 2.24) is 0 Å². The Balaban J connectivity index is 1.82. The Bertz CT molecular complexity index is 708. The number of aromatic nitrogens is 1. The van der Waals surface area contributed by atoms with Gasteiger partial charge in [-0.25, -0.2) is 0 Å². The number of aryl methyl sites for hydroxylation is 1. The van der Waals surface area contributed by atoms with Gasteiger partial charge in [-0.3, -0.25) is 9.59 Å². The van der Waals surface area contributed by atoms with Gasteiger partial charge in [-0.15, -0.1) is 0 Å². The molecule has 5 nitrogen and oxygen atoms in total. The van der Waals surface area contributed by atoms with E-state index in [1.165, 1.54) is 6.20 Å². The molecule has 0 unspecified atom stereocenters. The lowest BCUT2D eigenvalue weighted by Gasteiger charge is -2.15. The second kappa shape index (κ2) is 5.36. The third-order valence-electron chi connectivity index (χ3n) is 3.52. The number of hydrogen-bond donors (Lipinski definition) is 1. The molecule has 0 aliphatic heterocycles. The van der Waals surface area contributed by atoms with Gasteiger partial charge in [0.2, 0.25) is 0 Å². The third kappa shape index (κ3) is 2.76. The Hall–Kier alpha value is -2.69. The van der Waals surface area contributed by atoms with Crippen molar-refractivity contribution < 1.29 is 19.3 Å². The second-order valence-electron chi connectivity index (χ2n) is 5.00. The fraction of sp³-hybridized carbons (Fsp3) is 0.188. The van der Waals surface area contributed by atoms with Crippen molar-refractivity contribution in [1.29, 1.82) is 0 Å². The van der Waals surface area contributed by atoms with Crippen LogP contribution in [0.25, 0.3) is 0 Å². The molecular formula is C16H15N2O3+. The number of benzene rings is 1. The molecule has 106 valence electrons. The molecule has 3 N–H and O–H groups in total. The quantitative estimate of drug-likeness (QED) is 0.933. The van der Waals surface area contributed by atoms with E-state index in [-0.39, 0.29) is 5.78 Å². The largest absolute Gasteiger partial charge is 0.405 e. The van der Waals surface area contributed by atoms with Crippen molar-refractivity contribution in [2.75, 3.05) is 0 Å². The maximum absolute atomic E-state index is 11.8. The number of H-pyrrole nitrogens is 1. The van der Waals surface area contributed by atoms with E-state index in [0.717, 1.165) is 24.0 Å². The average Bonchev–Trinajstić information content (AvgIpc) is 2.48. The topological polar surface area (TPSA) is 83.5 Å². The monoisotopic (exact) mass is 283 g/mol. The summed E-state index contributed by atoms with van der Waals surface area (Å²) in [6.07, 6.45) is 3.90. The van der Waals surface area contributed by atoms with Crippen LogP contribution in [0.4, 0.5) is 0 Å². The first kappa shape index (κ1) is 13.3. The van der Waals surface area contributed by atoms with E-state index in [1.807, 2.05) is 12.1 Å². The van der Waals surface area contributed by atoms with Crippen LogP contribution < -0.4 is 15.5 Å². The molecule has 3 rings (SSSR count). The first-order valence-electron chi connectivity index (χ1n) is 6.79. The Morgan fingerprint density at radius 3 is 2.76 bits per heavy atom. The van der Waals surface area contributed by atoms with Crippen LogP contribution in [0.15, 0.2) is 36.5 Å². The first-order valence-corrected chi connectivity index (χ1v) is 6.79. The Morgan fingerprint density at radius 2 is 2.05 bits per heavy atom. The van der Waals surface area contributed by atoms with Crippen LogP contribution >= 0.6 is 0 Å². The van der Waals surface area contributed by atoms with Crippen LogP contribution in [0.5, 0.6) is 11.6 Å². The number of rotatable bonds is 3. The Kier molecular flexibility index (Phi) is 3.39. The highest BCUT2D eigenvalue weighted by Gasteiger charge is 2.18. The van der Waals surface area contributed by atoms with Gasteiger partial charge in [0.15, 0.2) is 12.0 Å². The molecule has 0 saturated carbocycles. The van der Waals surface area contributed by atoms with Gasteiger partial charge in [0.25, 0.3) is 5.91 Å². The van der Waals surface area contributed by atoms with E-state index in [9.17, 15) is 9.59 Å². The number of Topliss-reactive ketones (excluding diaryl/α,β-unsaturated/α-hetero) is 1. The SMILES string of the molecule is NC(=O)c1ccc(Oc2ccc3c(c2)CCCC3=O)[nH+]c1. The van der Waals surface area contributed by atoms with Gasteiger partial charge in [0.1, 0.15) is 11.3 Å². The molecule has 5 heteroatoms. The number of ether oxygens (including phenoxy) is 1. The number of primary amides is 1. The van der Waals surface area contributed by atoms with E-state index in [4.69, 9.17) is 10.5 Å². The molecule has 1 aliphatic carbocycles. The average molecular weight is 283 g/mol. The number of hydrogen-bond acceptors (Lipinski definition) is 3. The number of fused-ring (bicyclic) bond motifs is 1. The summed E-state index contributed by atoms with van der Waals surface area (Å²) in [5, 5.41) is 0. The predicted octanol–water partition coefficient (Wildman–Crippen LogP) is 1.91. The van der Waals surface area contributed by atoms with Gasteiger partial charge >= 0.3 is 5.88 Å². The number of amides is 1. The summed E-state index contributed by atoms with van der Waals surface area (Å²) < 4.78 is 5.70. The van der Waals surface area contributed by atoms with Crippen LogP contribution in [0.2, 0.25) is 0 Å². The maximum Gasteiger partial charge on any atom is 0.371 e. The van der Waals surface area contributed by atoms with E-state index >= 15 is 0 Å². The van der Waals surface area contributed by atoms with Gasteiger partial charge in [-0.1, -0.05) is 0 Å². The second-order valence-corrected chi connectivity index (χ2v) is 5.00. The molecule has 1 amide bonds. The molecule has 1 aliphatic rings. The zero-order valence-corrected chi connectivity index (χ0v) is 11.4. The molecule has 21 heavy (non-hydrogen) atoms. The lowest BCUT2D eigenvalue weighted by atomic mass is 9.91. The van der Waals surface area contributed by atoms with E-state index in [2.05, 4.69) is 4.98 Å². The number of ketones is 1. The summed E-state index contributed by atoms with van der Waals surface area (Å²) in [6.45, 7) is 0. The summed E-state index contributed by atoms with van der Waals surface area (Å²) in [5.74, 6) is 0.860. The lowest BCUT2D eigenvalue weighted by molar-refractivity contribution is -0.391. The van der Waals surface area contributed by atoms with Gasteiger partial charge in [0.05, 0.1) is 6.07 Å². The normalized spacial score (nSPS) is 13.6. The van der Waals surface area contributed by atoms with Crippen LogP contribution in [0.1, 0.15) is 39.1 Å². The number of pyridine rings is 1. The molecule has 1 heterocycles. The summed E-state index contributed by atoms with van der Waals surface area (Å²) in [5.41, 5.74) is 7.38. The molecule has 0 atom stereocenters. The molecule has 0 saturated heterocycles. The van der Waals surface area contributed by atoms with Crippen molar-refractivity contribution in [2.24, 2.45) is 5.73 Å². The summed E-state index contributed by atoms with van der Waals surface area (Å²) >= 11 is 0. The Morgan fingerprint density at radius 1 is 1.19 bits per heavy atom. The van der Waals surface area contributed by atoms with E-state index < -0.39 is 5.91 Å². The summed E-state index contributed by atoms with van der Waals surface area (Å²) in [4.78, 5) is 25.6. The number of nitrogens with one attached hydrogen (secondary N) is 1. The number of nitrogens with two attached hydrogens (primary N) is 1. The van der Waals surface area contributed by atoms with Crippen LogP contribution in [0.3, 0.4) is 0 Å². The minimum Gasteiger partial charge on any atom is -0.405 e. The van der Waals surface area contributed by atoms with Gasteiger partial charge in [-0.05, 0) is 42.7 Å². The van der Waals surface area contributed by atoms with Crippen LogP contribution in [-0.4, -0.2) is 11.7 Å². The smallest absolute Gasteiger partial charge is 0.371 e. The fourth-order valence-corrected chi connectivity index (χ4v) is 2.44. The Labute approximate surface area is 121 Å². The highest BCUT2D eigenvalue weighted by atomic mass is 16.5. The van der Waals surface area contributed by atoms with Crippen molar-refractivity contribution in [2.45, 2.75) is 19.3 Å². The molecule has 2 aromatic rings. The van der Waals surface area contributed by atoms with Gasteiger partial charge in [-0.2, -0.15) is 4.98 Å². The van der Waals surface area contributed by atoms with E-state index in [1.54, 1.807) is 18.2 Å². The van der Waals surface area contributed by atoms with Crippen molar-refractivity contribution in [3.63, 3.8) is 0 Å². The molecule has 1 aromatic heterocycles. The van der Waals surface area contributed by atoms with E-state index in [0.29, 0.717) is 23.6 Å². The lowest BCUT2D eigenvalue weighted by Crippen LogP contribution is -2.16. The van der Waals surface area contributed by atoms with Crippen molar-refractivity contribution >= 4 is 11.7 Å². The first-order chi connectivity index (χ1) is 10.1. The highest BCUT2D eigenvalue weighted by molar-refractivity contribution is 5.98. The third-order valence-corrected chi connectivity index (χ3v) is 3.52.